The molecule has 0 spiro atoms. The molecule has 2 aliphatic rings. The SMILES string of the molecule is C[C@H](C(=O)NC1(C#N)CCCCC1)N1CCOCC1. The standard InChI is InChI=1S/C14H23N3O2/c1-12(17-7-9-19-10-8-17)13(18)16-14(11-15)5-3-2-4-6-14/h12H,2-10H2,1H3,(H,16,18)/t12-/m1/s1. The molecule has 2 fully saturated rings. The van der Waals surface area contributed by atoms with Gasteiger partial charge < -0.3 is 10.1 Å². The van der Waals surface area contributed by atoms with Gasteiger partial charge in [-0.2, -0.15) is 5.26 Å². The average Bonchev–Trinajstić information content (AvgIpc) is 2.48. The predicted octanol–water partition coefficient (Wildman–Crippen LogP) is 1.05. The zero-order valence-electron chi connectivity index (χ0n) is 11.7. The molecule has 5 nitrogen and oxygen atoms in total. The molecule has 1 amide bonds. The van der Waals surface area contributed by atoms with Gasteiger partial charge in [0.25, 0.3) is 0 Å². The van der Waals surface area contributed by atoms with Crippen molar-refractivity contribution in [1.82, 2.24) is 10.2 Å². The molecule has 1 saturated heterocycles. The fourth-order valence-electron chi connectivity index (χ4n) is 2.89. The second kappa shape index (κ2) is 6.36. The van der Waals surface area contributed by atoms with E-state index >= 15 is 0 Å². The van der Waals surface area contributed by atoms with Crippen LogP contribution in [0.25, 0.3) is 0 Å². The van der Waals surface area contributed by atoms with Crippen LogP contribution in [0.3, 0.4) is 0 Å². The Labute approximate surface area is 114 Å². The molecule has 0 unspecified atom stereocenters. The Morgan fingerprint density at radius 3 is 2.53 bits per heavy atom. The molecule has 0 aromatic heterocycles. The molecule has 0 aromatic rings. The third kappa shape index (κ3) is 3.46. The molecule has 1 saturated carbocycles. The summed E-state index contributed by atoms with van der Waals surface area (Å²) >= 11 is 0. The summed E-state index contributed by atoms with van der Waals surface area (Å²) in [5, 5.41) is 12.4. The summed E-state index contributed by atoms with van der Waals surface area (Å²) in [6, 6.07) is 2.15. The van der Waals surface area contributed by atoms with Crippen molar-refractivity contribution in [2.75, 3.05) is 26.3 Å². The van der Waals surface area contributed by atoms with Crippen LogP contribution < -0.4 is 5.32 Å². The van der Waals surface area contributed by atoms with Crippen LogP contribution >= 0.6 is 0 Å². The number of rotatable bonds is 3. The topological polar surface area (TPSA) is 65.4 Å². The second-order valence-corrected chi connectivity index (χ2v) is 5.57. The van der Waals surface area contributed by atoms with E-state index in [0.717, 1.165) is 45.2 Å². The first-order chi connectivity index (χ1) is 9.17. The maximum atomic E-state index is 12.3. The van der Waals surface area contributed by atoms with Gasteiger partial charge in [0.2, 0.25) is 5.91 Å². The van der Waals surface area contributed by atoms with E-state index in [-0.39, 0.29) is 11.9 Å². The molecule has 0 aromatic carbocycles. The minimum absolute atomic E-state index is 0.0228. The molecule has 2 rings (SSSR count). The van der Waals surface area contributed by atoms with Crippen molar-refractivity contribution in [2.45, 2.75) is 50.6 Å². The number of hydrogen-bond donors (Lipinski definition) is 1. The Morgan fingerprint density at radius 1 is 1.32 bits per heavy atom. The van der Waals surface area contributed by atoms with Crippen LogP contribution in [0.2, 0.25) is 0 Å². The van der Waals surface area contributed by atoms with Crippen LogP contribution in [0.15, 0.2) is 0 Å². The van der Waals surface area contributed by atoms with Crippen molar-refractivity contribution < 1.29 is 9.53 Å². The average molecular weight is 265 g/mol. The number of nitriles is 1. The van der Waals surface area contributed by atoms with E-state index in [9.17, 15) is 10.1 Å². The van der Waals surface area contributed by atoms with Crippen LogP contribution in [-0.2, 0) is 9.53 Å². The number of morpholine rings is 1. The van der Waals surface area contributed by atoms with Gasteiger partial charge in [0, 0.05) is 13.1 Å². The van der Waals surface area contributed by atoms with Crippen LogP contribution in [0.4, 0.5) is 0 Å². The lowest BCUT2D eigenvalue weighted by molar-refractivity contribution is -0.129. The molecular weight excluding hydrogens is 242 g/mol. The Balaban J connectivity index is 1.93. The van der Waals surface area contributed by atoms with Crippen molar-refractivity contribution in [2.24, 2.45) is 0 Å². The molecule has 0 radical (unpaired) electrons. The van der Waals surface area contributed by atoms with E-state index in [1.54, 1.807) is 0 Å². The maximum absolute atomic E-state index is 12.3. The summed E-state index contributed by atoms with van der Waals surface area (Å²) in [6.45, 7) is 4.85. The lowest BCUT2D eigenvalue weighted by atomic mass is 9.82. The van der Waals surface area contributed by atoms with Crippen LogP contribution in [-0.4, -0.2) is 48.7 Å². The fraction of sp³-hybridized carbons (Fsp3) is 0.857. The molecular formula is C14H23N3O2. The van der Waals surface area contributed by atoms with Crippen LogP contribution in [0.5, 0.6) is 0 Å². The third-order valence-electron chi connectivity index (χ3n) is 4.26. The summed E-state index contributed by atoms with van der Waals surface area (Å²) in [5.41, 5.74) is -0.629. The number of ether oxygens (including phenoxy) is 1. The van der Waals surface area contributed by atoms with Crippen molar-refractivity contribution in [3.05, 3.63) is 0 Å². The van der Waals surface area contributed by atoms with Gasteiger partial charge in [0.1, 0.15) is 5.54 Å². The number of carbonyl (C=O) groups is 1. The molecule has 0 bridgehead atoms. The molecule has 5 heteroatoms. The van der Waals surface area contributed by atoms with Gasteiger partial charge >= 0.3 is 0 Å². The van der Waals surface area contributed by atoms with Gasteiger partial charge in [-0.05, 0) is 19.8 Å². The van der Waals surface area contributed by atoms with Gasteiger partial charge in [0.05, 0.1) is 25.3 Å². The zero-order chi connectivity index (χ0) is 13.7. The smallest absolute Gasteiger partial charge is 0.238 e. The molecule has 1 atom stereocenters. The van der Waals surface area contributed by atoms with Gasteiger partial charge in [-0.3, -0.25) is 9.69 Å². The number of hydrogen-bond acceptors (Lipinski definition) is 4. The van der Waals surface area contributed by atoms with E-state index in [1.807, 2.05) is 6.92 Å². The molecule has 1 N–H and O–H groups in total. The van der Waals surface area contributed by atoms with Crippen LogP contribution in [0.1, 0.15) is 39.0 Å². The molecule has 106 valence electrons. The highest BCUT2D eigenvalue weighted by molar-refractivity contribution is 5.82. The Bertz CT molecular complexity index is 352. The van der Waals surface area contributed by atoms with Gasteiger partial charge in [0.15, 0.2) is 0 Å². The van der Waals surface area contributed by atoms with Crippen LogP contribution in [0, 0.1) is 11.3 Å². The summed E-state index contributed by atoms with van der Waals surface area (Å²) < 4.78 is 5.29. The first kappa shape index (κ1) is 14.3. The first-order valence-corrected chi connectivity index (χ1v) is 7.22. The first-order valence-electron chi connectivity index (χ1n) is 7.22. The summed E-state index contributed by atoms with van der Waals surface area (Å²) in [7, 11) is 0. The Hall–Kier alpha value is -1.12. The predicted molar refractivity (Wildman–Crippen MR) is 71.4 cm³/mol. The van der Waals surface area contributed by atoms with Gasteiger partial charge in [-0.1, -0.05) is 19.3 Å². The lowest BCUT2D eigenvalue weighted by Crippen LogP contribution is -2.56. The number of nitrogens with one attached hydrogen (secondary N) is 1. The van der Waals surface area contributed by atoms with Crippen molar-refractivity contribution in [3.63, 3.8) is 0 Å². The Morgan fingerprint density at radius 2 is 1.95 bits per heavy atom. The summed E-state index contributed by atoms with van der Waals surface area (Å²) in [5.74, 6) is -0.0228. The second-order valence-electron chi connectivity index (χ2n) is 5.57. The van der Waals surface area contributed by atoms with E-state index in [4.69, 9.17) is 4.74 Å². The highest BCUT2D eigenvalue weighted by Crippen LogP contribution is 2.27. The highest BCUT2D eigenvalue weighted by Gasteiger charge is 2.35. The van der Waals surface area contributed by atoms with Crippen molar-refractivity contribution >= 4 is 5.91 Å². The monoisotopic (exact) mass is 265 g/mol. The molecule has 1 aliphatic carbocycles. The maximum Gasteiger partial charge on any atom is 0.238 e. The van der Waals surface area contributed by atoms with E-state index in [1.165, 1.54) is 0 Å². The zero-order valence-corrected chi connectivity index (χ0v) is 11.7. The highest BCUT2D eigenvalue weighted by atomic mass is 16.5. The number of nitrogens with zero attached hydrogens (tertiary/aromatic N) is 2. The number of carbonyl (C=O) groups excluding carboxylic acids is 1. The normalized spacial score (nSPS) is 25.3. The molecule has 1 aliphatic heterocycles. The quantitative estimate of drug-likeness (QED) is 0.828. The third-order valence-corrected chi connectivity index (χ3v) is 4.26. The van der Waals surface area contributed by atoms with E-state index in [2.05, 4.69) is 16.3 Å². The van der Waals surface area contributed by atoms with Gasteiger partial charge in [-0.15, -0.1) is 0 Å². The van der Waals surface area contributed by atoms with E-state index < -0.39 is 5.54 Å². The summed E-state index contributed by atoms with van der Waals surface area (Å²) in [6.07, 6.45) is 4.79. The minimum atomic E-state index is -0.629. The van der Waals surface area contributed by atoms with E-state index in [0.29, 0.717) is 13.2 Å². The Kier molecular flexibility index (Phi) is 4.78. The minimum Gasteiger partial charge on any atom is -0.379 e. The molecule has 1 heterocycles. The molecule has 19 heavy (non-hydrogen) atoms. The summed E-state index contributed by atoms with van der Waals surface area (Å²) in [4.78, 5) is 14.4. The lowest BCUT2D eigenvalue weighted by Gasteiger charge is -2.36. The fourth-order valence-corrected chi connectivity index (χ4v) is 2.89. The van der Waals surface area contributed by atoms with Crippen molar-refractivity contribution in [1.29, 1.82) is 5.26 Å². The number of amides is 1. The largest absolute Gasteiger partial charge is 0.379 e. The van der Waals surface area contributed by atoms with Crippen molar-refractivity contribution in [3.8, 4) is 6.07 Å². The van der Waals surface area contributed by atoms with Gasteiger partial charge in [-0.25, -0.2) is 0 Å².